The number of aryl methyl sites for hydroxylation is 2. The van der Waals surface area contributed by atoms with Crippen LogP contribution in [0.2, 0.25) is 0 Å². The number of allylic oxidation sites excluding steroid dienone is 1. The van der Waals surface area contributed by atoms with Crippen LogP contribution in [-0.2, 0) is 17.8 Å². The first-order valence-electron chi connectivity index (χ1n) is 10.0. The maximum absolute atomic E-state index is 12.4. The van der Waals surface area contributed by atoms with Gasteiger partial charge in [0.05, 0.1) is 5.75 Å². The fourth-order valence-electron chi connectivity index (χ4n) is 3.20. The molecule has 0 aliphatic carbocycles. The van der Waals surface area contributed by atoms with Crippen molar-refractivity contribution in [1.29, 1.82) is 0 Å². The molecule has 0 aliphatic heterocycles. The lowest BCUT2D eigenvalue weighted by Gasteiger charge is -2.09. The average Bonchev–Trinajstić information content (AvgIpc) is 3.52. The number of carbonyl (C=O) groups excluding carboxylic acids is 1. The zero-order chi connectivity index (χ0) is 22.5. The van der Waals surface area contributed by atoms with E-state index in [2.05, 4.69) is 56.7 Å². The summed E-state index contributed by atoms with van der Waals surface area (Å²) < 4.78 is 2.00. The van der Waals surface area contributed by atoms with Crippen molar-refractivity contribution in [3.63, 3.8) is 0 Å². The third-order valence-electron chi connectivity index (χ3n) is 4.65. The summed E-state index contributed by atoms with van der Waals surface area (Å²) in [7, 11) is 0. The minimum absolute atomic E-state index is 0.153. The Balaban J connectivity index is 1.56. The van der Waals surface area contributed by atoms with Crippen molar-refractivity contribution < 1.29 is 4.79 Å². The number of nitrogens with one attached hydrogen (secondary N) is 1. The van der Waals surface area contributed by atoms with Gasteiger partial charge >= 0.3 is 0 Å². The van der Waals surface area contributed by atoms with Gasteiger partial charge in [-0.25, -0.2) is 0 Å². The molecule has 10 heteroatoms. The fourth-order valence-corrected chi connectivity index (χ4v) is 5.51. The van der Waals surface area contributed by atoms with Crippen molar-refractivity contribution in [2.45, 2.75) is 32.0 Å². The number of thiophene rings is 1. The zero-order valence-electron chi connectivity index (χ0n) is 17.7. The number of hydrogen-bond acceptors (Lipinski definition) is 8. The van der Waals surface area contributed by atoms with Crippen LogP contribution < -0.4 is 5.32 Å². The van der Waals surface area contributed by atoms with Crippen LogP contribution in [0.15, 0.2) is 53.5 Å². The first-order chi connectivity index (χ1) is 15.6. The van der Waals surface area contributed by atoms with E-state index < -0.39 is 0 Å². The fraction of sp³-hybridized carbons (Fsp3) is 0.227. The van der Waals surface area contributed by atoms with Crippen LogP contribution in [0.4, 0.5) is 5.13 Å². The van der Waals surface area contributed by atoms with Crippen LogP contribution in [0.25, 0.3) is 22.5 Å². The van der Waals surface area contributed by atoms with Crippen molar-refractivity contribution in [3.05, 3.63) is 58.3 Å². The summed E-state index contributed by atoms with van der Waals surface area (Å²) in [6, 6.07) is 10.3. The van der Waals surface area contributed by atoms with Crippen molar-refractivity contribution in [2.75, 3.05) is 11.1 Å². The van der Waals surface area contributed by atoms with Crippen LogP contribution in [0.5, 0.6) is 0 Å². The Morgan fingerprint density at radius 3 is 2.75 bits per heavy atom. The molecule has 4 aromatic rings. The molecule has 164 valence electrons. The number of thioether (sulfide) groups is 1. The third kappa shape index (κ3) is 4.82. The normalized spacial score (nSPS) is 10.9. The van der Waals surface area contributed by atoms with E-state index in [1.54, 1.807) is 11.3 Å². The highest BCUT2D eigenvalue weighted by Gasteiger charge is 2.20. The van der Waals surface area contributed by atoms with E-state index >= 15 is 0 Å². The van der Waals surface area contributed by atoms with Gasteiger partial charge in [-0.2, -0.15) is 0 Å². The Kier molecular flexibility index (Phi) is 7.13. The molecule has 0 saturated heterocycles. The molecule has 3 aromatic heterocycles. The van der Waals surface area contributed by atoms with Gasteiger partial charge in [0.2, 0.25) is 11.0 Å². The lowest BCUT2D eigenvalue weighted by Crippen LogP contribution is -2.14. The van der Waals surface area contributed by atoms with Gasteiger partial charge in [0, 0.05) is 27.9 Å². The monoisotopic (exact) mass is 482 g/mol. The molecular weight excluding hydrogens is 460 g/mol. The molecule has 1 amide bonds. The van der Waals surface area contributed by atoms with Crippen LogP contribution >= 0.6 is 34.4 Å². The SMILES string of the molecule is C=CCn1c(SCC(=O)Nc2nnc(CC)s2)nnc1-c1csc(C)c1-c1ccccc1. The largest absolute Gasteiger partial charge is 0.300 e. The summed E-state index contributed by atoms with van der Waals surface area (Å²) in [6.07, 6.45) is 2.61. The van der Waals surface area contributed by atoms with Crippen molar-refractivity contribution in [2.24, 2.45) is 0 Å². The maximum atomic E-state index is 12.4. The van der Waals surface area contributed by atoms with Gasteiger partial charge in [0.25, 0.3) is 0 Å². The first-order valence-corrected chi connectivity index (χ1v) is 12.7. The van der Waals surface area contributed by atoms with E-state index in [0.29, 0.717) is 16.8 Å². The summed E-state index contributed by atoms with van der Waals surface area (Å²) in [5.41, 5.74) is 3.34. The second-order valence-electron chi connectivity index (χ2n) is 6.84. The van der Waals surface area contributed by atoms with Crippen LogP contribution in [0.1, 0.15) is 16.8 Å². The van der Waals surface area contributed by atoms with Crippen LogP contribution in [-0.4, -0.2) is 36.6 Å². The Morgan fingerprint density at radius 1 is 1.22 bits per heavy atom. The molecule has 0 bridgehead atoms. The topological polar surface area (TPSA) is 85.6 Å². The molecule has 0 saturated carbocycles. The minimum atomic E-state index is -0.153. The highest BCUT2D eigenvalue weighted by atomic mass is 32.2. The third-order valence-corrected chi connectivity index (χ3v) is 7.52. The maximum Gasteiger partial charge on any atom is 0.236 e. The Hall–Kier alpha value is -2.82. The first kappa shape index (κ1) is 22.4. The van der Waals surface area contributed by atoms with Crippen molar-refractivity contribution >= 4 is 45.5 Å². The zero-order valence-corrected chi connectivity index (χ0v) is 20.2. The predicted molar refractivity (Wildman–Crippen MR) is 132 cm³/mol. The Morgan fingerprint density at radius 2 is 2.03 bits per heavy atom. The molecule has 32 heavy (non-hydrogen) atoms. The molecule has 0 unspecified atom stereocenters. The molecule has 4 rings (SSSR count). The van der Waals surface area contributed by atoms with E-state index in [1.165, 1.54) is 28.0 Å². The van der Waals surface area contributed by atoms with Crippen molar-refractivity contribution in [3.8, 4) is 22.5 Å². The van der Waals surface area contributed by atoms with Gasteiger partial charge in [-0.15, -0.1) is 38.3 Å². The molecule has 3 heterocycles. The highest BCUT2D eigenvalue weighted by molar-refractivity contribution is 7.99. The molecule has 1 N–H and O–H groups in total. The Labute approximate surface area is 198 Å². The number of rotatable bonds is 9. The smallest absolute Gasteiger partial charge is 0.236 e. The van der Waals surface area contributed by atoms with Gasteiger partial charge in [-0.3, -0.25) is 14.7 Å². The highest BCUT2D eigenvalue weighted by Crippen LogP contribution is 2.39. The molecule has 0 spiro atoms. The summed E-state index contributed by atoms with van der Waals surface area (Å²) in [5.74, 6) is 0.817. The number of nitrogens with zero attached hydrogens (tertiary/aromatic N) is 5. The second-order valence-corrected chi connectivity index (χ2v) is 9.93. The van der Waals surface area contributed by atoms with E-state index in [9.17, 15) is 4.79 Å². The molecule has 0 atom stereocenters. The molecule has 1 aromatic carbocycles. The van der Waals surface area contributed by atoms with Gasteiger partial charge in [-0.1, -0.05) is 66.4 Å². The van der Waals surface area contributed by atoms with Gasteiger partial charge in [-0.05, 0) is 18.9 Å². The number of anilines is 1. The van der Waals surface area contributed by atoms with Crippen LogP contribution in [0.3, 0.4) is 0 Å². The van der Waals surface area contributed by atoms with E-state index in [1.807, 2.05) is 35.8 Å². The van der Waals surface area contributed by atoms with E-state index in [-0.39, 0.29) is 11.7 Å². The number of hydrogen-bond donors (Lipinski definition) is 1. The summed E-state index contributed by atoms with van der Waals surface area (Å²) in [5, 5.41) is 23.9. The summed E-state index contributed by atoms with van der Waals surface area (Å²) in [6.45, 7) is 8.55. The Bertz CT molecular complexity index is 1230. The van der Waals surface area contributed by atoms with Gasteiger partial charge < -0.3 is 0 Å². The molecular formula is C22H22N6OS3. The second kappa shape index (κ2) is 10.2. The standard InChI is InChI=1S/C22H22N6OS3/c1-4-11-28-20(16-12-30-14(3)19(16)15-9-7-6-8-10-15)25-27-22(28)31-13-17(29)23-21-26-24-18(5-2)32-21/h4,6-10,12H,1,5,11,13H2,2-3H3,(H,23,26,29). The molecule has 0 aliphatic rings. The summed E-state index contributed by atoms with van der Waals surface area (Å²) >= 11 is 4.42. The van der Waals surface area contributed by atoms with E-state index in [0.717, 1.165) is 33.9 Å². The van der Waals surface area contributed by atoms with Crippen molar-refractivity contribution in [1.82, 2.24) is 25.0 Å². The molecule has 0 radical (unpaired) electrons. The predicted octanol–water partition coefficient (Wildman–Crippen LogP) is 5.31. The average molecular weight is 483 g/mol. The van der Waals surface area contributed by atoms with Gasteiger partial charge in [0.1, 0.15) is 5.01 Å². The number of amides is 1. The van der Waals surface area contributed by atoms with Crippen LogP contribution in [0, 0.1) is 6.92 Å². The number of carbonyl (C=O) groups is 1. The lowest BCUT2D eigenvalue weighted by atomic mass is 10.0. The quantitative estimate of drug-likeness (QED) is 0.257. The molecule has 7 nitrogen and oxygen atoms in total. The van der Waals surface area contributed by atoms with Gasteiger partial charge in [0.15, 0.2) is 11.0 Å². The number of aromatic nitrogens is 5. The minimum Gasteiger partial charge on any atom is -0.300 e. The molecule has 0 fully saturated rings. The number of benzene rings is 1. The lowest BCUT2D eigenvalue weighted by molar-refractivity contribution is -0.113. The summed E-state index contributed by atoms with van der Waals surface area (Å²) in [4.78, 5) is 13.6. The van der Waals surface area contributed by atoms with E-state index in [4.69, 9.17) is 0 Å².